The van der Waals surface area contributed by atoms with Gasteiger partial charge in [-0.2, -0.15) is 24.9 Å². The molecule has 1 aliphatic rings. The molecule has 1 aliphatic heterocycles. The molecular formula is C11H14F3NS. The van der Waals surface area contributed by atoms with Crippen LogP contribution >= 0.6 is 11.8 Å². The van der Waals surface area contributed by atoms with Crippen molar-refractivity contribution >= 4 is 18.0 Å². The van der Waals surface area contributed by atoms with E-state index >= 15 is 0 Å². The van der Waals surface area contributed by atoms with Gasteiger partial charge < -0.3 is 0 Å². The van der Waals surface area contributed by atoms with Gasteiger partial charge in [-0.05, 0) is 24.2 Å². The number of allylic oxidation sites excluding steroid dienone is 2. The van der Waals surface area contributed by atoms with Crippen molar-refractivity contribution in [1.29, 1.82) is 0 Å². The van der Waals surface area contributed by atoms with Crippen LogP contribution in [0.15, 0.2) is 29.3 Å². The summed E-state index contributed by atoms with van der Waals surface area (Å²) in [7, 11) is 0. The Kier molecular flexibility index (Phi) is 5.12. The lowest BCUT2D eigenvalue weighted by atomic mass is 10.1. The van der Waals surface area contributed by atoms with Crippen LogP contribution in [0, 0.1) is 0 Å². The second kappa shape index (κ2) is 6.13. The van der Waals surface area contributed by atoms with Crippen LogP contribution in [0.1, 0.15) is 12.8 Å². The van der Waals surface area contributed by atoms with Crippen LogP contribution in [0.5, 0.6) is 0 Å². The third kappa shape index (κ3) is 4.88. The minimum Gasteiger partial charge on any atom is -0.283 e. The summed E-state index contributed by atoms with van der Waals surface area (Å²) in [6.07, 6.45) is 2.55. The zero-order valence-electron chi connectivity index (χ0n) is 8.83. The largest absolute Gasteiger partial charge is 0.407 e. The van der Waals surface area contributed by atoms with E-state index in [-0.39, 0.29) is 5.25 Å². The highest BCUT2D eigenvalue weighted by Crippen LogP contribution is 2.31. The fourth-order valence-corrected chi connectivity index (χ4v) is 2.75. The van der Waals surface area contributed by atoms with Crippen LogP contribution in [0.2, 0.25) is 0 Å². The standard InChI is InChI=1S/C11H14F3NS/c1-2-4-9(10-5-3-6-16-10)7-15-8-11(12,13)14/h2,4,7,10H,1,3,5-6,8H2/b9-4+,15-7?. The van der Waals surface area contributed by atoms with Gasteiger partial charge in [0.2, 0.25) is 0 Å². The normalized spacial score (nSPS) is 22.9. The molecule has 1 saturated heterocycles. The first-order valence-corrected chi connectivity index (χ1v) is 6.08. The quantitative estimate of drug-likeness (QED) is 0.547. The highest BCUT2D eigenvalue weighted by molar-refractivity contribution is 8.00. The van der Waals surface area contributed by atoms with Crippen molar-refractivity contribution in [2.24, 2.45) is 4.99 Å². The first-order chi connectivity index (χ1) is 7.53. The van der Waals surface area contributed by atoms with Gasteiger partial charge in [0.15, 0.2) is 0 Å². The molecule has 1 rings (SSSR count). The predicted molar refractivity (Wildman–Crippen MR) is 63.2 cm³/mol. The van der Waals surface area contributed by atoms with E-state index in [1.54, 1.807) is 23.9 Å². The van der Waals surface area contributed by atoms with Crippen molar-refractivity contribution in [3.63, 3.8) is 0 Å². The van der Waals surface area contributed by atoms with Crippen LogP contribution in [0.3, 0.4) is 0 Å². The van der Waals surface area contributed by atoms with Crippen molar-refractivity contribution in [2.75, 3.05) is 12.3 Å². The Morgan fingerprint density at radius 1 is 1.50 bits per heavy atom. The molecule has 0 aromatic heterocycles. The average molecular weight is 249 g/mol. The molecule has 1 heterocycles. The Bertz CT molecular complexity index is 288. The molecule has 0 radical (unpaired) electrons. The van der Waals surface area contributed by atoms with E-state index < -0.39 is 12.7 Å². The fraction of sp³-hybridized carbons (Fsp3) is 0.545. The Hall–Kier alpha value is -0.710. The molecule has 5 heteroatoms. The van der Waals surface area contributed by atoms with Crippen LogP contribution < -0.4 is 0 Å². The molecule has 1 nitrogen and oxygen atoms in total. The summed E-state index contributed by atoms with van der Waals surface area (Å²) in [6, 6.07) is 0. The minimum absolute atomic E-state index is 0.273. The van der Waals surface area contributed by atoms with E-state index in [4.69, 9.17) is 0 Å². The van der Waals surface area contributed by atoms with Gasteiger partial charge >= 0.3 is 6.18 Å². The highest BCUT2D eigenvalue weighted by atomic mass is 32.2. The molecule has 0 N–H and O–H groups in total. The van der Waals surface area contributed by atoms with Crippen molar-refractivity contribution in [2.45, 2.75) is 24.3 Å². The SMILES string of the molecule is C=C/C=C(\C=NCC(F)(F)F)C1CCCS1. The summed E-state index contributed by atoms with van der Waals surface area (Å²) in [4.78, 5) is 3.43. The van der Waals surface area contributed by atoms with E-state index in [0.717, 1.165) is 24.2 Å². The van der Waals surface area contributed by atoms with E-state index in [0.29, 0.717) is 0 Å². The van der Waals surface area contributed by atoms with Gasteiger partial charge in [-0.25, -0.2) is 0 Å². The molecule has 1 fully saturated rings. The van der Waals surface area contributed by atoms with Crippen molar-refractivity contribution in [3.05, 3.63) is 24.3 Å². The van der Waals surface area contributed by atoms with Gasteiger partial charge in [0, 0.05) is 11.5 Å². The summed E-state index contributed by atoms with van der Waals surface area (Å²) >= 11 is 1.76. The molecular weight excluding hydrogens is 235 g/mol. The molecule has 1 unspecified atom stereocenters. The Balaban J connectivity index is 2.58. The maximum absolute atomic E-state index is 11.9. The summed E-state index contributed by atoms with van der Waals surface area (Å²) in [5, 5.41) is 0.273. The highest BCUT2D eigenvalue weighted by Gasteiger charge is 2.26. The Morgan fingerprint density at radius 3 is 2.75 bits per heavy atom. The summed E-state index contributed by atoms with van der Waals surface area (Å²) in [5.74, 6) is 1.06. The maximum Gasteiger partial charge on any atom is 0.407 e. The number of thioether (sulfide) groups is 1. The molecule has 1 atom stereocenters. The number of hydrogen-bond donors (Lipinski definition) is 0. The van der Waals surface area contributed by atoms with Gasteiger partial charge in [0.1, 0.15) is 6.54 Å². The average Bonchev–Trinajstić information content (AvgIpc) is 2.67. The lowest BCUT2D eigenvalue weighted by Gasteiger charge is -2.09. The topological polar surface area (TPSA) is 12.4 Å². The first-order valence-electron chi connectivity index (χ1n) is 5.04. The smallest absolute Gasteiger partial charge is 0.283 e. The van der Waals surface area contributed by atoms with E-state index in [9.17, 15) is 13.2 Å². The minimum atomic E-state index is -4.22. The second-order valence-electron chi connectivity index (χ2n) is 3.49. The number of alkyl halides is 3. The molecule has 16 heavy (non-hydrogen) atoms. The first kappa shape index (κ1) is 13.4. The second-order valence-corrected chi connectivity index (χ2v) is 4.80. The molecule has 0 saturated carbocycles. The summed E-state index contributed by atoms with van der Waals surface area (Å²) in [6.45, 7) is 2.45. The van der Waals surface area contributed by atoms with Gasteiger partial charge in [-0.1, -0.05) is 18.7 Å². The lowest BCUT2D eigenvalue weighted by molar-refractivity contribution is -0.118. The van der Waals surface area contributed by atoms with Crippen molar-refractivity contribution in [3.8, 4) is 0 Å². The maximum atomic E-state index is 11.9. The predicted octanol–water partition coefficient (Wildman–Crippen LogP) is 3.63. The molecule has 0 aromatic rings. The zero-order valence-corrected chi connectivity index (χ0v) is 9.65. The molecule has 0 spiro atoms. The van der Waals surface area contributed by atoms with Gasteiger partial charge in [0.25, 0.3) is 0 Å². The van der Waals surface area contributed by atoms with Crippen molar-refractivity contribution in [1.82, 2.24) is 0 Å². The van der Waals surface area contributed by atoms with Crippen LogP contribution in [-0.2, 0) is 0 Å². The fourth-order valence-electron chi connectivity index (χ4n) is 1.46. The summed E-state index contributed by atoms with van der Waals surface area (Å²) in [5.41, 5.74) is 0.835. The molecule has 0 aliphatic carbocycles. The van der Waals surface area contributed by atoms with Gasteiger partial charge in [0.05, 0.1) is 0 Å². The Morgan fingerprint density at radius 2 is 2.25 bits per heavy atom. The van der Waals surface area contributed by atoms with Gasteiger partial charge in [-0.15, -0.1) is 0 Å². The molecule has 0 amide bonds. The molecule has 0 bridgehead atoms. The van der Waals surface area contributed by atoms with Crippen LogP contribution in [0.25, 0.3) is 0 Å². The molecule has 90 valence electrons. The number of hydrogen-bond acceptors (Lipinski definition) is 2. The number of halogens is 3. The monoisotopic (exact) mass is 249 g/mol. The number of aliphatic imine (C=N–C) groups is 1. The van der Waals surface area contributed by atoms with E-state index in [1.165, 1.54) is 6.21 Å². The third-order valence-electron chi connectivity index (χ3n) is 2.12. The lowest BCUT2D eigenvalue weighted by Crippen LogP contribution is -2.13. The summed E-state index contributed by atoms with van der Waals surface area (Å²) < 4.78 is 35.7. The zero-order chi connectivity index (χ0) is 12.0. The number of rotatable bonds is 4. The van der Waals surface area contributed by atoms with Crippen LogP contribution in [0.4, 0.5) is 13.2 Å². The third-order valence-corrected chi connectivity index (χ3v) is 3.56. The molecule has 0 aromatic carbocycles. The van der Waals surface area contributed by atoms with Crippen molar-refractivity contribution < 1.29 is 13.2 Å². The number of nitrogens with zero attached hydrogens (tertiary/aromatic N) is 1. The van der Waals surface area contributed by atoms with Gasteiger partial charge in [-0.3, -0.25) is 4.99 Å². The van der Waals surface area contributed by atoms with E-state index in [1.807, 2.05) is 0 Å². The van der Waals surface area contributed by atoms with E-state index in [2.05, 4.69) is 11.6 Å². The Labute approximate surface area is 97.5 Å². The van der Waals surface area contributed by atoms with Crippen LogP contribution in [-0.4, -0.2) is 29.9 Å².